The second-order valence-electron chi connectivity index (χ2n) is 6.06. The van der Waals surface area contributed by atoms with Crippen molar-refractivity contribution in [1.29, 1.82) is 0 Å². The summed E-state index contributed by atoms with van der Waals surface area (Å²) in [5, 5.41) is 37.1. The van der Waals surface area contributed by atoms with Gasteiger partial charge in [-0.15, -0.1) is 36.4 Å². The van der Waals surface area contributed by atoms with Crippen LogP contribution in [0.5, 0.6) is 0 Å². The first-order chi connectivity index (χ1) is 12.0. The lowest BCUT2D eigenvalue weighted by Gasteiger charge is -2.34. The first kappa shape index (κ1) is 22.8. The summed E-state index contributed by atoms with van der Waals surface area (Å²) in [4.78, 5) is 22.5. The molecular formula is C18H22Cl2O6. The fourth-order valence-electron chi connectivity index (χ4n) is 2.56. The van der Waals surface area contributed by atoms with Crippen LogP contribution in [0.25, 0.3) is 0 Å². The molecule has 0 amide bonds. The SMILES string of the molecule is C=CC[C@@]1(O)C(=O)C=C[C@H](Cl)[C@H]1O.C=CC[C@@]1(O)C(=O)C=C[C@H](Cl)[C@H]1O. The van der Waals surface area contributed by atoms with Crippen LogP contribution >= 0.6 is 23.2 Å². The van der Waals surface area contributed by atoms with E-state index in [0.717, 1.165) is 0 Å². The van der Waals surface area contributed by atoms with Gasteiger partial charge in [0.25, 0.3) is 0 Å². The molecular weight excluding hydrogens is 383 g/mol. The number of rotatable bonds is 4. The van der Waals surface area contributed by atoms with Gasteiger partial charge in [-0.2, -0.15) is 0 Å². The second kappa shape index (κ2) is 9.08. The first-order valence-corrected chi connectivity index (χ1v) is 8.68. The minimum Gasteiger partial charge on any atom is -0.388 e. The Bertz CT molecular complexity index is 577. The van der Waals surface area contributed by atoms with Gasteiger partial charge >= 0.3 is 0 Å². The molecule has 8 heteroatoms. The van der Waals surface area contributed by atoms with E-state index in [-0.39, 0.29) is 12.8 Å². The van der Waals surface area contributed by atoms with E-state index < -0.39 is 45.7 Å². The Morgan fingerprint density at radius 2 is 1.19 bits per heavy atom. The number of halogens is 2. The highest BCUT2D eigenvalue weighted by Gasteiger charge is 2.46. The zero-order valence-corrected chi connectivity index (χ0v) is 15.5. The molecule has 144 valence electrons. The highest BCUT2D eigenvalue weighted by Crippen LogP contribution is 2.28. The molecule has 4 N–H and O–H groups in total. The third kappa shape index (κ3) is 4.52. The van der Waals surface area contributed by atoms with Crippen molar-refractivity contribution in [2.24, 2.45) is 0 Å². The molecule has 0 unspecified atom stereocenters. The zero-order chi connectivity index (χ0) is 20.1. The van der Waals surface area contributed by atoms with Crippen LogP contribution in [0.2, 0.25) is 0 Å². The van der Waals surface area contributed by atoms with Crippen molar-refractivity contribution in [1.82, 2.24) is 0 Å². The Kier molecular flexibility index (Phi) is 7.95. The molecule has 0 spiro atoms. The van der Waals surface area contributed by atoms with Crippen LogP contribution in [0.1, 0.15) is 12.8 Å². The summed E-state index contributed by atoms with van der Waals surface area (Å²) in [6.07, 6.45) is 5.32. The maximum Gasteiger partial charge on any atom is 0.189 e. The lowest BCUT2D eigenvalue weighted by Crippen LogP contribution is -2.54. The Hall–Kier alpha value is -1.28. The quantitative estimate of drug-likeness (QED) is 0.406. The highest BCUT2D eigenvalue weighted by molar-refractivity contribution is 6.24. The number of aliphatic hydroxyl groups is 4. The van der Waals surface area contributed by atoms with Gasteiger partial charge in [0.2, 0.25) is 0 Å². The van der Waals surface area contributed by atoms with Crippen molar-refractivity contribution in [3.8, 4) is 0 Å². The number of carbonyl (C=O) groups excluding carboxylic acids is 2. The molecule has 0 aromatic heterocycles. The van der Waals surface area contributed by atoms with E-state index >= 15 is 0 Å². The molecule has 6 atom stereocenters. The normalized spacial score (nSPS) is 39.2. The standard InChI is InChI=1S/2C9H11ClO3/c2*1-2-5-9(13)7(11)4-3-6(10)8(9)12/h2*2-4,6,8,12-13H,1,5H2/t2*6-,8+,9+/m00/s1. The highest BCUT2D eigenvalue weighted by atomic mass is 35.5. The van der Waals surface area contributed by atoms with Gasteiger partial charge in [0.05, 0.1) is 10.8 Å². The van der Waals surface area contributed by atoms with Crippen molar-refractivity contribution in [2.75, 3.05) is 0 Å². The Morgan fingerprint density at radius 3 is 1.46 bits per heavy atom. The summed E-state index contributed by atoms with van der Waals surface area (Å²) in [5.74, 6) is -1.06. The van der Waals surface area contributed by atoms with Gasteiger partial charge in [-0.05, 0) is 12.2 Å². The number of carbonyl (C=O) groups is 2. The number of hydrogen-bond acceptors (Lipinski definition) is 6. The summed E-state index contributed by atoms with van der Waals surface area (Å²) >= 11 is 11.3. The predicted octanol–water partition coefficient (Wildman–Crippen LogP) is 0.802. The van der Waals surface area contributed by atoms with Crippen LogP contribution in [-0.4, -0.2) is 66.2 Å². The molecule has 2 rings (SSSR count). The van der Waals surface area contributed by atoms with Gasteiger partial charge in [0.15, 0.2) is 22.8 Å². The number of alkyl halides is 2. The molecule has 0 saturated heterocycles. The van der Waals surface area contributed by atoms with Gasteiger partial charge in [0, 0.05) is 12.8 Å². The van der Waals surface area contributed by atoms with Crippen LogP contribution in [0.4, 0.5) is 0 Å². The summed E-state index contributed by atoms with van der Waals surface area (Å²) in [6.45, 7) is 6.81. The Balaban J connectivity index is 0.000000260. The topological polar surface area (TPSA) is 115 Å². The fraction of sp³-hybridized carbons (Fsp3) is 0.444. The molecule has 0 fully saturated rings. The molecule has 0 bridgehead atoms. The van der Waals surface area contributed by atoms with Crippen LogP contribution in [0, 0.1) is 0 Å². The van der Waals surface area contributed by atoms with Crippen LogP contribution in [0.15, 0.2) is 49.6 Å². The number of ketones is 2. The summed E-state index contributed by atoms with van der Waals surface area (Å²) in [7, 11) is 0. The average Bonchev–Trinajstić information content (AvgIpc) is 2.60. The molecule has 2 aliphatic rings. The Morgan fingerprint density at radius 1 is 0.885 bits per heavy atom. The molecule has 0 saturated carbocycles. The molecule has 0 aromatic rings. The van der Waals surface area contributed by atoms with Gasteiger partial charge in [0.1, 0.15) is 12.2 Å². The molecule has 0 radical (unpaired) electrons. The van der Waals surface area contributed by atoms with Crippen LogP contribution < -0.4 is 0 Å². The van der Waals surface area contributed by atoms with E-state index in [1.165, 1.54) is 36.5 Å². The van der Waals surface area contributed by atoms with E-state index in [1.54, 1.807) is 0 Å². The van der Waals surface area contributed by atoms with Crippen LogP contribution in [0.3, 0.4) is 0 Å². The molecule has 0 aromatic carbocycles. The van der Waals surface area contributed by atoms with Gasteiger partial charge in [-0.25, -0.2) is 0 Å². The maximum atomic E-state index is 11.3. The van der Waals surface area contributed by atoms with E-state index in [4.69, 9.17) is 23.2 Å². The zero-order valence-electron chi connectivity index (χ0n) is 14.0. The largest absolute Gasteiger partial charge is 0.388 e. The van der Waals surface area contributed by atoms with Crippen molar-refractivity contribution in [3.63, 3.8) is 0 Å². The Labute approximate surface area is 161 Å². The van der Waals surface area contributed by atoms with Gasteiger partial charge in [-0.1, -0.05) is 24.3 Å². The van der Waals surface area contributed by atoms with Crippen molar-refractivity contribution < 1.29 is 30.0 Å². The van der Waals surface area contributed by atoms with Crippen molar-refractivity contribution in [2.45, 2.75) is 47.0 Å². The summed E-state index contributed by atoms with van der Waals surface area (Å²) < 4.78 is 0. The van der Waals surface area contributed by atoms with Gasteiger partial charge in [-0.3, -0.25) is 9.59 Å². The smallest absolute Gasteiger partial charge is 0.189 e. The molecule has 6 nitrogen and oxygen atoms in total. The average molecular weight is 405 g/mol. The first-order valence-electron chi connectivity index (χ1n) is 7.80. The van der Waals surface area contributed by atoms with E-state index in [9.17, 15) is 30.0 Å². The number of hydrogen-bond donors (Lipinski definition) is 4. The lowest BCUT2D eigenvalue weighted by atomic mass is 9.82. The van der Waals surface area contributed by atoms with Gasteiger partial charge < -0.3 is 20.4 Å². The minimum absolute atomic E-state index is 0.000556. The number of aliphatic hydroxyl groups excluding tert-OH is 2. The molecule has 0 aliphatic heterocycles. The maximum absolute atomic E-state index is 11.3. The third-order valence-electron chi connectivity index (χ3n) is 4.21. The predicted molar refractivity (Wildman–Crippen MR) is 99.1 cm³/mol. The van der Waals surface area contributed by atoms with E-state index in [2.05, 4.69) is 13.2 Å². The summed E-state index contributed by atoms with van der Waals surface area (Å²) in [5.41, 5.74) is -3.61. The monoisotopic (exact) mass is 404 g/mol. The van der Waals surface area contributed by atoms with E-state index in [0.29, 0.717) is 0 Å². The second-order valence-corrected chi connectivity index (χ2v) is 7.07. The molecule has 2 aliphatic carbocycles. The fourth-order valence-corrected chi connectivity index (χ4v) is 3.12. The van der Waals surface area contributed by atoms with E-state index in [1.807, 2.05) is 0 Å². The third-order valence-corrected chi connectivity index (χ3v) is 4.98. The molecule has 26 heavy (non-hydrogen) atoms. The lowest BCUT2D eigenvalue weighted by molar-refractivity contribution is -0.146. The molecule has 0 heterocycles. The van der Waals surface area contributed by atoms with Crippen molar-refractivity contribution in [3.05, 3.63) is 49.6 Å². The summed E-state index contributed by atoms with van der Waals surface area (Å²) in [6, 6.07) is 0. The van der Waals surface area contributed by atoms with Crippen LogP contribution in [-0.2, 0) is 9.59 Å². The van der Waals surface area contributed by atoms with Crippen molar-refractivity contribution >= 4 is 34.8 Å². The minimum atomic E-state index is -1.80.